The van der Waals surface area contributed by atoms with Gasteiger partial charge in [-0.15, -0.1) is 0 Å². The number of hydrogen-bond acceptors (Lipinski definition) is 3. The number of benzene rings is 1. The highest BCUT2D eigenvalue weighted by Crippen LogP contribution is 2.26. The van der Waals surface area contributed by atoms with Crippen molar-refractivity contribution in [1.29, 1.82) is 0 Å². The van der Waals surface area contributed by atoms with Gasteiger partial charge in [0.25, 0.3) is 0 Å². The summed E-state index contributed by atoms with van der Waals surface area (Å²) >= 11 is 5.83. The van der Waals surface area contributed by atoms with Gasteiger partial charge in [-0.1, -0.05) is 11.6 Å². The molecular weight excluding hydrogens is 279 g/mol. The standard InChI is InChI=1S/C15H14ClFN2O/c16-11-1-5-14(6-2-11)20-15-10(7-12(17)9-19-15)8-18-13-3-4-13/h1-2,5-7,9,13,18H,3-4,8H2. The van der Waals surface area contributed by atoms with E-state index in [4.69, 9.17) is 16.3 Å². The van der Waals surface area contributed by atoms with Crippen LogP contribution >= 0.6 is 11.6 Å². The van der Waals surface area contributed by atoms with Gasteiger partial charge in [-0.3, -0.25) is 0 Å². The molecule has 1 saturated carbocycles. The van der Waals surface area contributed by atoms with Crippen molar-refractivity contribution in [1.82, 2.24) is 10.3 Å². The number of hydrogen-bond donors (Lipinski definition) is 1. The number of nitrogens with one attached hydrogen (secondary N) is 1. The van der Waals surface area contributed by atoms with E-state index >= 15 is 0 Å². The van der Waals surface area contributed by atoms with Gasteiger partial charge in [-0.25, -0.2) is 9.37 Å². The van der Waals surface area contributed by atoms with Crippen LogP contribution in [0, 0.1) is 5.82 Å². The van der Waals surface area contributed by atoms with Crippen LogP contribution in [0.1, 0.15) is 18.4 Å². The van der Waals surface area contributed by atoms with Gasteiger partial charge in [0.2, 0.25) is 5.88 Å². The minimum absolute atomic E-state index is 0.360. The lowest BCUT2D eigenvalue weighted by molar-refractivity contribution is 0.448. The van der Waals surface area contributed by atoms with E-state index in [9.17, 15) is 4.39 Å². The Bertz CT molecular complexity index is 599. The van der Waals surface area contributed by atoms with E-state index in [1.165, 1.54) is 18.9 Å². The first-order chi connectivity index (χ1) is 9.70. The summed E-state index contributed by atoms with van der Waals surface area (Å²) in [6.45, 7) is 0.554. The number of rotatable bonds is 5. The van der Waals surface area contributed by atoms with Crippen LogP contribution in [-0.4, -0.2) is 11.0 Å². The number of ether oxygens (including phenoxy) is 1. The van der Waals surface area contributed by atoms with E-state index in [2.05, 4.69) is 10.3 Å². The van der Waals surface area contributed by atoms with Crippen LogP contribution in [0.25, 0.3) is 0 Å². The first kappa shape index (κ1) is 13.3. The van der Waals surface area contributed by atoms with Gasteiger partial charge in [0.05, 0.1) is 6.20 Å². The van der Waals surface area contributed by atoms with Crippen molar-refractivity contribution in [3.63, 3.8) is 0 Å². The molecule has 20 heavy (non-hydrogen) atoms. The molecule has 0 radical (unpaired) electrons. The lowest BCUT2D eigenvalue weighted by Gasteiger charge is -2.10. The van der Waals surface area contributed by atoms with E-state index in [0.29, 0.717) is 34.8 Å². The maximum Gasteiger partial charge on any atom is 0.223 e. The van der Waals surface area contributed by atoms with Crippen molar-refractivity contribution in [2.24, 2.45) is 0 Å². The fourth-order valence-electron chi connectivity index (χ4n) is 1.84. The van der Waals surface area contributed by atoms with Gasteiger partial charge in [0, 0.05) is 23.2 Å². The predicted octanol–water partition coefficient (Wildman–Crippen LogP) is 3.92. The fraction of sp³-hybridized carbons (Fsp3) is 0.267. The molecule has 1 aliphatic rings. The summed E-state index contributed by atoms with van der Waals surface area (Å²) in [4.78, 5) is 4.02. The van der Waals surface area contributed by atoms with Crippen LogP contribution in [0.15, 0.2) is 36.5 Å². The van der Waals surface area contributed by atoms with Crippen LogP contribution in [-0.2, 0) is 6.54 Å². The quantitative estimate of drug-likeness (QED) is 0.907. The third-order valence-corrected chi connectivity index (χ3v) is 3.33. The monoisotopic (exact) mass is 292 g/mol. The van der Waals surface area contributed by atoms with E-state index in [1.54, 1.807) is 24.3 Å². The summed E-state index contributed by atoms with van der Waals surface area (Å²) in [5.74, 6) is 0.684. The minimum Gasteiger partial charge on any atom is -0.439 e. The molecule has 1 aromatic carbocycles. The topological polar surface area (TPSA) is 34.1 Å². The van der Waals surface area contributed by atoms with Gasteiger partial charge in [0.1, 0.15) is 11.6 Å². The highest BCUT2D eigenvalue weighted by molar-refractivity contribution is 6.30. The van der Waals surface area contributed by atoms with Crippen molar-refractivity contribution in [2.75, 3.05) is 0 Å². The smallest absolute Gasteiger partial charge is 0.223 e. The van der Waals surface area contributed by atoms with E-state index in [1.807, 2.05) is 0 Å². The first-order valence-corrected chi connectivity index (χ1v) is 6.90. The molecule has 3 rings (SSSR count). The second-order valence-electron chi connectivity index (χ2n) is 4.83. The molecule has 104 valence electrons. The molecule has 2 aromatic rings. The number of aromatic nitrogens is 1. The second kappa shape index (κ2) is 5.77. The SMILES string of the molecule is Fc1cnc(Oc2ccc(Cl)cc2)c(CNC2CC2)c1. The molecule has 0 saturated heterocycles. The van der Waals surface area contributed by atoms with Crippen molar-refractivity contribution in [2.45, 2.75) is 25.4 Å². The molecule has 0 aliphatic heterocycles. The normalized spacial score (nSPS) is 14.3. The Morgan fingerprint density at radius 2 is 2.05 bits per heavy atom. The largest absolute Gasteiger partial charge is 0.439 e. The Balaban J connectivity index is 1.77. The molecule has 0 unspecified atom stereocenters. The zero-order valence-corrected chi connectivity index (χ0v) is 11.5. The Kier molecular flexibility index (Phi) is 3.85. The van der Waals surface area contributed by atoms with Gasteiger partial charge < -0.3 is 10.1 Å². The van der Waals surface area contributed by atoms with Crippen LogP contribution in [0.2, 0.25) is 5.02 Å². The van der Waals surface area contributed by atoms with Crippen molar-refractivity contribution in [3.8, 4) is 11.6 Å². The van der Waals surface area contributed by atoms with Crippen LogP contribution in [0.5, 0.6) is 11.6 Å². The fourth-order valence-corrected chi connectivity index (χ4v) is 1.97. The maximum atomic E-state index is 13.3. The van der Waals surface area contributed by atoms with Crippen molar-refractivity contribution >= 4 is 11.6 Å². The minimum atomic E-state index is -0.360. The average Bonchev–Trinajstić information content (AvgIpc) is 3.25. The van der Waals surface area contributed by atoms with Gasteiger partial charge in [-0.2, -0.15) is 0 Å². The molecule has 5 heteroatoms. The van der Waals surface area contributed by atoms with Gasteiger partial charge in [0.15, 0.2) is 0 Å². The zero-order valence-electron chi connectivity index (χ0n) is 10.8. The van der Waals surface area contributed by atoms with Crippen LogP contribution in [0.4, 0.5) is 4.39 Å². The molecule has 0 spiro atoms. The Morgan fingerprint density at radius 3 is 2.75 bits per heavy atom. The predicted molar refractivity (Wildman–Crippen MR) is 75.6 cm³/mol. The molecule has 3 nitrogen and oxygen atoms in total. The second-order valence-corrected chi connectivity index (χ2v) is 5.27. The Labute approximate surface area is 121 Å². The Morgan fingerprint density at radius 1 is 1.30 bits per heavy atom. The van der Waals surface area contributed by atoms with E-state index < -0.39 is 0 Å². The van der Waals surface area contributed by atoms with Crippen molar-refractivity contribution < 1.29 is 9.13 Å². The highest BCUT2D eigenvalue weighted by Gasteiger charge is 2.21. The molecule has 0 atom stereocenters. The molecule has 1 heterocycles. The van der Waals surface area contributed by atoms with E-state index in [-0.39, 0.29) is 5.82 Å². The summed E-state index contributed by atoms with van der Waals surface area (Å²) < 4.78 is 19.0. The molecule has 1 N–H and O–H groups in total. The van der Waals surface area contributed by atoms with Gasteiger partial charge in [-0.05, 0) is 43.2 Å². The summed E-state index contributed by atoms with van der Waals surface area (Å²) in [5, 5.41) is 3.97. The van der Waals surface area contributed by atoms with Crippen LogP contribution in [0.3, 0.4) is 0 Å². The lowest BCUT2D eigenvalue weighted by atomic mass is 10.2. The van der Waals surface area contributed by atoms with Crippen molar-refractivity contribution in [3.05, 3.63) is 52.9 Å². The average molecular weight is 293 g/mol. The maximum absolute atomic E-state index is 13.3. The lowest BCUT2D eigenvalue weighted by Crippen LogP contribution is -2.16. The highest BCUT2D eigenvalue weighted by atomic mass is 35.5. The first-order valence-electron chi connectivity index (χ1n) is 6.52. The van der Waals surface area contributed by atoms with E-state index in [0.717, 1.165) is 6.20 Å². The molecule has 1 aromatic heterocycles. The molecule has 0 amide bonds. The number of halogens is 2. The molecular formula is C15H14ClFN2O. The third-order valence-electron chi connectivity index (χ3n) is 3.08. The number of nitrogens with zero attached hydrogens (tertiary/aromatic N) is 1. The van der Waals surface area contributed by atoms with Crippen LogP contribution < -0.4 is 10.1 Å². The summed E-state index contributed by atoms with van der Waals surface area (Å²) in [7, 11) is 0. The number of pyridine rings is 1. The summed E-state index contributed by atoms with van der Waals surface area (Å²) in [6, 6.07) is 8.98. The van der Waals surface area contributed by atoms with Gasteiger partial charge >= 0.3 is 0 Å². The summed E-state index contributed by atoms with van der Waals surface area (Å²) in [6.07, 6.45) is 3.51. The molecule has 1 aliphatic carbocycles. The summed E-state index contributed by atoms with van der Waals surface area (Å²) in [5.41, 5.74) is 0.715. The molecule has 1 fully saturated rings. The Hall–Kier alpha value is -1.65. The molecule has 0 bridgehead atoms. The third kappa shape index (κ3) is 3.46. The zero-order chi connectivity index (χ0) is 13.9.